The number of halogens is 1. The van der Waals surface area contributed by atoms with Gasteiger partial charge in [-0.3, -0.25) is 9.59 Å². The molecule has 1 atom stereocenters. The Labute approximate surface area is 103 Å². The van der Waals surface area contributed by atoms with Gasteiger partial charge in [0.25, 0.3) is 0 Å². The van der Waals surface area contributed by atoms with E-state index in [4.69, 9.17) is 10.5 Å². The highest BCUT2D eigenvalue weighted by molar-refractivity contribution is 5.85. The van der Waals surface area contributed by atoms with Gasteiger partial charge >= 0.3 is 5.97 Å². The molecular weight excluding hydrogens is 232 g/mol. The van der Waals surface area contributed by atoms with Crippen molar-refractivity contribution in [2.24, 2.45) is 11.7 Å². The molecule has 3 N–H and O–H groups in total. The van der Waals surface area contributed by atoms with Crippen LogP contribution in [-0.4, -0.2) is 31.6 Å². The molecule has 16 heavy (non-hydrogen) atoms. The van der Waals surface area contributed by atoms with Crippen LogP contribution in [0.15, 0.2) is 0 Å². The van der Waals surface area contributed by atoms with Crippen molar-refractivity contribution < 1.29 is 14.3 Å². The fraction of sp³-hybridized carbons (Fsp3) is 0.800. The van der Waals surface area contributed by atoms with Crippen LogP contribution in [0.2, 0.25) is 0 Å². The minimum atomic E-state index is -0.299. The van der Waals surface area contributed by atoms with Crippen molar-refractivity contribution in [1.29, 1.82) is 0 Å². The van der Waals surface area contributed by atoms with E-state index in [1.165, 1.54) is 0 Å². The molecule has 0 spiro atoms. The Balaban J connectivity index is 0. The molecular formula is C10H21ClN2O3. The third kappa shape index (κ3) is 8.49. The van der Waals surface area contributed by atoms with Crippen molar-refractivity contribution in [1.82, 2.24) is 5.32 Å². The van der Waals surface area contributed by atoms with Crippen LogP contribution in [0.3, 0.4) is 0 Å². The molecule has 6 heteroatoms. The summed E-state index contributed by atoms with van der Waals surface area (Å²) in [5.41, 5.74) is 5.27. The number of nitrogens with one attached hydrogen (secondary N) is 1. The molecule has 0 saturated carbocycles. The van der Waals surface area contributed by atoms with Crippen molar-refractivity contribution in [3.63, 3.8) is 0 Å². The van der Waals surface area contributed by atoms with Crippen LogP contribution in [0.25, 0.3) is 0 Å². The second-order valence-electron chi connectivity index (χ2n) is 3.35. The van der Waals surface area contributed by atoms with Gasteiger partial charge in [0.1, 0.15) is 0 Å². The molecule has 0 saturated heterocycles. The second kappa shape index (κ2) is 10.7. The molecule has 0 fully saturated rings. The maximum absolute atomic E-state index is 11.2. The molecule has 0 aromatic rings. The molecule has 96 valence electrons. The average molecular weight is 253 g/mol. The van der Waals surface area contributed by atoms with E-state index in [9.17, 15) is 9.59 Å². The minimum Gasteiger partial charge on any atom is -0.466 e. The lowest BCUT2D eigenvalue weighted by atomic mass is 10.2. The van der Waals surface area contributed by atoms with E-state index in [0.29, 0.717) is 32.5 Å². The predicted octanol–water partition coefficient (Wildman–Crippen LogP) is 0.462. The highest BCUT2D eigenvalue weighted by atomic mass is 35.5. The Hall–Kier alpha value is -0.810. The van der Waals surface area contributed by atoms with Gasteiger partial charge in [0.2, 0.25) is 5.91 Å². The number of amides is 1. The molecule has 0 aliphatic heterocycles. The van der Waals surface area contributed by atoms with Crippen LogP contribution >= 0.6 is 12.4 Å². The van der Waals surface area contributed by atoms with E-state index in [1.54, 1.807) is 13.8 Å². The summed E-state index contributed by atoms with van der Waals surface area (Å²) in [6.45, 7) is 4.67. The molecule has 0 bridgehead atoms. The maximum atomic E-state index is 11.2. The van der Waals surface area contributed by atoms with Crippen molar-refractivity contribution in [3.05, 3.63) is 0 Å². The quantitative estimate of drug-likeness (QED) is 0.645. The Kier molecular flexibility index (Phi) is 11.8. The number of rotatable bonds is 7. The first-order valence-corrected chi connectivity index (χ1v) is 5.25. The van der Waals surface area contributed by atoms with Crippen molar-refractivity contribution in [2.45, 2.75) is 26.7 Å². The zero-order valence-electron chi connectivity index (χ0n) is 9.82. The monoisotopic (exact) mass is 252 g/mol. The number of carbonyl (C=O) groups excluding carboxylic acids is 2. The molecule has 0 radical (unpaired) electrons. The van der Waals surface area contributed by atoms with Crippen LogP contribution in [-0.2, 0) is 14.3 Å². The second-order valence-corrected chi connectivity index (χ2v) is 3.35. The summed E-state index contributed by atoms with van der Waals surface area (Å²) in [5.74, 6) is -0.653. The molecule has 1 unspecified atom stereocenters. The smallest absolute Gasteiger partial charge is 0.310 e. The summed E-state index contributed by atoms with van der Waals surface area (Å²) >= 11 is 0. The van der Waals surface area contributed by atoms with E-state index < -0.39 is 0 Å². The summed E-state index contributed by atoms with van der Waals surface area (Å²) in [5, 5.41) is 2.66. The van der Waals surface area contributed by atoms with E-state index in [-0.39, 0.29) is 30.2 Å². The van der Waals surface area contributed by atoms with Crippen LogP contribution in [0.4, 0.5) is 0 Å². The molecule has 0 aliphatic carbocycles. The van der Waals surface area contributed by atoms with Crippen LogP contribution in [0.5, 0.6) is 0 Å². The van der Waals surface area contributed by atoms with Gasteiger partial charge in [-0.1, -0.05) is 6.92 Å². The van der Waals surface area contributed by atoms with Gasteiger partial charge in [0, 0.05) is 13.0 Å². The summed E-state index contributed by atoms with van der Waals surface area (Å²) in [4.78, 5) is 22.3. The highest BCUT2D eigenvalue weighted by Crippen LogP contribution is 1.97. The molecule has 1 amide bonds. The normalized spacial score (nSPS) is 11.2. The standard InChI is InChI=1S/C10H20N2O3.ClH/c1-3-15-10(14)8(2)7-12-9(13)5-4-6-11;/h8H,3-7,11H2,1-2H3,(H,12,13);1H. The van der Waals surface area contributed by atoms with Gasteiger partial charge in [0.05, 0.1) is 12.5 Å². The molecule has 0 aliphatic rings. The van der Waals surface area contributed by atoms with E-state index >= 15 is 0 Å². The first-order valence-electron chi connectivity index (χ1n) is 5.25. The number of nitrogens with two attached hydrogens (primary N) is 1. The van der Waals surface area contributed by atoms with Gasteiger partial charge in [-0.05, 0) is 19.9 Å². The zero-order valence-corrected chi connectivity index (χ0v) is 10.6. The summed E-state index contributed by atoms with van der Waals surface area (Å²) in [7, 11) is 0. The number of ether oxygens (including phenoxy) is 1. The third-order valence-corrected chi connectivity index (χ3v) is 1.90. The molecule has 0 rings (SSSR count). The lowest BCUT2D eigenvalue weighted by Crippen LogP contribution is -2.32. The van der Waals surface area contributed by atoms with Gasteiger partial charge in [-0.2, -0.15) is 0 Å². The van der Waals surface area contributed by atoms with Gasteiger partial charge in [-0.25, -0.2) is 0 Å². The van der Waals surface area contributed by atoms with Gasteiger partial charge in [-0.15, -0.1) is 12.4 Å². The Morgan fingerprint density at radius 2 is 2.06 bits per heavy atom. The van der Waals surface area contributed by atoms with E-state index in [0.717, 1.165) is 0 Å². The predicted molar refractivity (Wildman–Crippen MR) is 64.3 cm³/mol. The van der Waals surface area contributed by atoms with Gasteiger partial charge < -0.3 is 15.8 Å². The molecule has 5 nitrogen and oxygen atoms in total. The van der Waals surface area contributed by atoms with Crippen molar-refractivity contribution in [2.75, 3.05) is 19.7 Å². The fourth-order valence-corrected chi connectivity index (χ4v) is 0.986. The van der Waals surface area contributed by atoms with Crippen molar-refractivity contribution >= 4 is 24.3 Å². The van der Waals surface area contributed by atoms with Gasteiger partial charge in [0.15, 0.2) is 0 Å². The Morgan fingerprint density at radius 1 is 1.44 bits per heavy atom. The lowest BCUT2D eigenvalue weighted by Gasteiger charge is -2.11. The van der Waals surface area contributed by atoms with Crippen LogP contribution in [0, 0.1) is 5.92 Å². The zero-order chi connectivity index (χ0) is 11.7. The van der Waals surface area contributed by atoms with E-state index in [1.807, 2.05) is 0 Å². The van der Waals surface area contributed by atoms with E-state index in [2.05, 4.69) is 5.32 Å². The SMILES string of the molecule is CCOC(=O)C(C)CNC(=O)CCCN.Cl. The van der Waals surface area contributed by atoms with Crippen molar-refractivity contribution in [3.8, 4) is 0 Å². The molecule has 0 heterocycles. The number of hydrogen-bond acceptors (Lipinski definition) is 4. The number of hydrogen-bond donors (Lipinski definition) is 2. The number of esters is 1. The Morgan fingerprint density at radius 3 is 2.56 bits per heavy atom. The third-order valence-electron chi connectivity index (χ3n) is 1.90. The maximum Gasteiger partial charge on any atom is 0.310 e. The largest absolute Gasteiger partial charge is 0.466 e. The molecule has 0 aromatic heterocycles. The van der Waals surface area contributed by atoms with Crippen LogP contribution < -0.4 is 11.1 Å². The molecule has 0 aromatic carbocycles. The number of carbonyl (C=O) groups is 2. The highest BCUT2D eigenvalue weighted by Gasteiger charge is 2.14. The topological polar surface area (TPSA) is 81.4 Å². The minimum absolute atomic E-state index is 0. The summed E-state index contributed by atoms with van der Waals surface area (Å²) < 4.78 is 4.81. The fourth-order valence-electron chi connectivity index (χ4n) is 0.986. The lowest BCUT2D eigenvalue weighted by molar-refractivity contribution is -0.147. The first-order chi connectivity index (χ1) is 7.11. The van der Waals surface area contributed by atoms with Crippen LogP contribution in [0.1, 0.15) is 26.7 Å². The summed E-state index contributed by atoms with van der Waals surface area (Å²) in [6, 6.07) is 0. The first kappa shape index (κ1) is 17.6. The average Bonchev–Trinajstić information content (AvgIpc) is 2.23. The summed E-state index contributed by atoms with van der Waals surface area (Å²) in [6.07, 6.45) is 1.08. The Bertz CT molecular complexity index is 212.